The van der Waals surface area contributed by atoms with Crippen molar-refractivity contribution in [3.05, 3.63) is 98.1 Å². The molecule has 3 aromatic rings. The van der Waals surface area contributed by atoms with Crippen LogP contribution in [0.5, 0.6) is 11.5 Å². The van der Waals surface area contributed by atoms with Crippen molar-refractivity contribution in [2.75, 3.05) is 7.11 Å². The molecular weight excluding hydrogens is 479 g/mol. The molecule has 4 nitrogen and oxygen atoms in total. The lowest BCUT2D eigenvalue weighted by Gasteiger charge is -2.14. The van der Waals surface area contributed by atoms with E-state index in [2.05, 4.69) is 22.6 Å². The second kappa shape index (κ2) is 8.21. The predicted octanol–water partition coefficient (Wildman–Crippen LogP) is 5.34. The largest absolute Gasteiger partial charge is 0.493 e. The van der Waals surface area contributed by atoms with Crippen LogP contribution in [-0.2, 0) is 6.61 Å². The number of carbonyl (C=O) groups is 2. The molecule has 0 unspecified atom stereocenters. The van der Waals surface area contributed by atoms with Crippen molar-refractivity contribution >= 4 is 40.2 Å². The molecule has 0 bridgehead atoms. The summed E-state index contributed by atoms with van der Waals surface area (Å²) in [7, 11) is 1.57. The van der Waals surface area contributed by atoms with Crippen LogP contribution in [0.4, 0.5) is 0 Å². The molecule has 5 heteroatoms. The topological polar surface area (TPSA) is 52.6 Å². The summed E-state index contributed by atoms with van der Waals surface area (Å²) in [4.78, 5) is 25.3. The number of hydrogen-bond donors (Lipinski definition) is 0. The van der Waals surface area contributed by atoms with Crippen LogP contribution in [0.25, 0.3) is 6.08 Å². The zero-order valence-corrected chi connectivity index (χ0v) is 17.8. The van der Waals surface area contributed by atoms with Gasteiger partial charge in [-0.3, -0.25) is 9.59 Å². The van der Waals surface area contributed by atoms with Crippen LogP contribution < -0.4 is 9.47 Å². The Morgan fingerprint density at radius 3 is 2.14 bits per heavy atom. The fourth-order valence-corrected chi connectivity index (χ4v) is 4.04. The molecule has 0 saturated carbocycles. The van der Waals surface area contributed by atoms with Crippen molar-refractivity contribution in [2.45, 2.75) is 6.61 Å². The number of allylic oxidation sites excluding steroid dienone is 1. The smallest absolute Gasteiger partial charge is 0.197 e. The first-order valence-electron chi connectivity index (χ1n) is 9.03. The van der Waals surface area contributed by atoms with E-state index in [0.29, 0.717) is 34.8 Å². The number of ether oxygens (including phenoxy) is 2. The van der Waals surface area contributed by atoms with Crippen LogP contribution >= 0.6 is 22.6 Å². The van der Waals surface area contributed by atoms with Gasteiger partial charge >= 0.3 is 0 Å². The highest BCUT2D eigenvalue weighted by Gasteiger charge is 2.32. The van der Waals surface area contributed by atoms with Gasteiger partial charge in [-0.2, -0.15) is 0 Å². The van der Waals surface area contributed by atoms with E-state index in [4.69, 9.17) is 9.47 Å². The van der Waals surface area contributed by atoms with E-state index in [0.717, 1.165) is 9.13 Å². The number of hydrogen-bond acceptors (Lipinski definition) is 4. The molecule has 0 aliphatic heterocycles. The Morgan fingerprint density at radius 1 is 0.897 bits per heavy atom. The maximum Gasteiger partial charge on any atom is 0.197 e. The number of halogens is 1. The van der Waals surface area contributed by atoms with Gasteiger partial charge in [-0.05, 0) is 51.9 Å². The predicted molar refractivity (Wildman–Crippen MR) is 120 cm³/mol. The zero-order valence-electron chi connectivity index (χ0n) is 15.6. The van der Waals surface area contributed by atoms with Crippen molar-refractivity contribution in [1.82, 2.24) is 0 Å². The molecule has 1 aliphatic carbocycles. The summed E-state index contributed by atoms with van der Waals surface area (Å²) >= 11 is 2.17. The van der Waals surface area contributed by atoms with E-state index in [-0.39, 0.29) is 17.1 Å². The first-order valence-corrected chi connectivity index (χ1v) is 10.1. The van der Waals surface area contributed by atoms with E-state index in [1.54, 1.807) is 43.5 Å². The van der Waals surface area contributed by atoms with Crippen molar-refractivity contribution in [1.29, 1.82) is 0 Å². The third kappa shape index (κ3) is 3.82. The molecule has 0 aromatic heterocycles. The third-order valence-electron chi connectivity index (χ3n) is 4.69. The Morgan fingerprint density at radius 2 is 1.52 bits per heavy atom. The summed E-state index contributed by atoms with van der Waals surface area (Å²) in [6.07, 6.45) is 1.62. The molecule has 0 saturated heterocycles. The maximum absolute atomic E-state index is 12.6. The van der Waals surface area contributed by atoms with Crippen molar-refractivity contribution in [3.63, 3.8) is 0 Å². The standard InChI is InChI=1S/C24H17IO4/c1-28-21-13-16(11-19-22(26)17-9-5-6-10-18(17)23(19)27)12-20(25)24(21)29-14-15-7-3-2-4-8-15/h2-13H,14H2,1H3. The summed E-state index contributed by atoms with van der Waals surface area (Å²) in [5.74, 6) is 0.689. The Bertz CT molecular complexity index is 1100. The van der Waals surface area contributed by atoms with Crippen molar-refractivity contribution in [2.24, 2.45) is 0 Å². The van der Waals surface area contributed by atoms with Crippen LogP contribution in [0.15, 0.2) is 72.3 Å². The first-order chi connectivity index (χ1) is 14.1. The molecule has 0 heterocycles. The van der Waals surface area contributed by atoms with Crippen LogP contribution in [0.2, 0.25) is 0 Å². The van der Waals surface area contributed by atoms with Crippen molar-refractivity contribution in [3.8, 4) is 11.5 Å². The number of Topliss-reactive ketones (excluding diaryl/α,β-unsaturated/α-hetero) is 2. The van der Waals surface area contributed by atoms with E-state index >= 15 is 0 Å². The van der Waals surface area contributed by atoms with Gasteiger partial charge in [0.05, 0.1) is 16.3 Å². The van der Waals surface area contributed by atoms with Crippen LogP contribution in [-0.4, -0.2) is 18.7 Å². The molecule has 0 atom stereocenters. The molecule has 3 aromatic carbocycles. The fraction of sp³-hybridized carbons (Fsp3) is 0.0833. The number of ketones is 2. The Hall–Kier alpha value is -2.93. The van der Waals surface area contributed by atoms with Gasteiger partial charge in [-0.15, -0.1) is 0 Å². The van der Waals surface area contributed by atoms with Crippen molar-refractivity contribution < 1.29 is 19.1 Å². The molecule has 29 heavy (non-hydrogen) atoms. The van der Waals surface area contributed by atoms with E-state index in [9.17, 15) is 9.59 Å². The lowest BCUT2D eigenvalue weighted by atomic mass is 10.1. The highest BCUT2D eigenvalue weighted by atomic mass is 127. The highest BCUT2D eigenvalue weighted by molar-refractivity contribution is 14.1. The minimum atomic E-state index is -0.246. The van der Waals surface area contributed by atoms with E-state index in [1.807, 2.05) is 36.4 Å². The number of carbonyl (C=O) groups excluding carboxylic acids is 2. The molecule has 0 fully saturated rings. The molecule has 0 N–H and O–H groups in total. The van der Waals surface area contributed by atoms with Gasteiger partial charge < -0.3 is 9.47 Å². The summed E-state index contributed by atoms with van der Waals surface area (Å²) in [6, 6.07) is 20.4. The number of rotatable bonds is 5. The molecular formula is C24H17IO4. The lowest BCUT2D eigenvalue weighted by Crippen LogP contribution is -2.02. The fourth-order valence-electron chi connectivity index (χ4n) is 3.26. The molecule has 4 rings (SSSR count). The van der Waals surface area contributed by atoms with Gasteiger partial charge in [0.25, 0.3) is 0 Å². The monoisotopic (exact) mass is 496 g/mol. The highest BCUT2D eigenvalue weighted by Crippen LogP contribution is 2.36. The number of benzene rings is 3. The van der Waals surface area contributed by atoms with Gasteiger partial charge in [0.2, 0.25) is 0 Å². The van der Waals surface area contributed by atoms with Gasteiger partial charge in [0, 0.05) is 11.1 Å². The molecule has 144 valence electrons. The van der Waals surface area contributed by atoms with Crippen LogP contribution in [0, 0.1) is 3.57 Å². The summed E-state index contributed by atoms with van der Waals surface area (Å²) in [6.45, 7) is 0.417. The molecule has 0 spiro atoms. The van der Waals surface area contributed by atoms with Gasteiger partial charge in [0.1, 0.15) is 6.61 Å². The molecule has 0 amide bonds. The minimum absolute atomic E-state index is 0.169. The quantitative estimate of drug-likeness (QED) is 0.272. The Labute approximate surface area is 182 Å². The minimum Gasteiger partial charge on any atom is -0.493 e. The lowest BCUT2D eigenvalue weighted by molar-refractivity contribution is 0.0990. The number of fused-ring (bicyclic) bond motifs is 1. The summed E-state index contributed by atoms with van der Waals surface area (Å²) in [5, 5.41) is 0. The average Bonchev–Trinajstić information content (AvgIpc) is 2.98. The first kappa shape index (κ1) is 19.4. The van der Waals surface area contributed by atoms with E-state index < -0.39 is 0 Å². The Balaban J connectivity index is 1.65. The second-order valence-corrected chi connectivity index (χ2v) is 7.73. The van der Waals surface area contributed by atoms with Crippen LogP contribution in [0.1, 0.15) is 31.8 Å². The maximum atomic E-state index is 12.6. The summed E-state index contributed by atoms with van der Waals surface area (Å²) in [5.41, 5.74) is 2.84. The Kier molecular flexibility index (Phi) is 5.49. The van der Waals surface area contributed by atoms with E-state index in [1.165, 1.54) is 0 Å². The normalized spacial score (nSPS) is 12.7. The van der Waals surface area contributed by atoms with Gasteiger partial charge in [0.15, 0.2) is 23.1 Å². The SMILES string of the molecule is COc1cc(C=C2C(=O)c3ccccc3C2=O)cc(I)c1OCc1ccccc1. The molecule has 1 aliphatic rings. The average molecular weight is 496 g/mol. The zero-order chi connectivity index (χ0) is 20.4. The number of methoxy groups -OCH3 is 1. The third-order valence-corrected chi connectivity index (χ3v) is 5.50. The van der Waals surface area contributed by atoms with Crippen LogP contribution in [0.3, 0.4) is 0 Å². The summed E-state index contributed by atoms with van der Waals surface area (Å²) < 4.78 is 12.3. The van der Waals surface area contributed by atoms with Gasteiger partial charge in [-0.25, -0.2) is 0 Å². The molecule has 0 radical (unpaired) electrons. The van der Waals surface area contributed by atoms with Gasteiger partial charge in [-0.1, -0.05) is 54.6 Å². The second-order valence-electron chi connectivity index (χ2n) is 6.57.